The van der Waals surface area contributed by atoms with Crippen molar-refractivity contribution in [3.8, 4) is 0 Å². The van der Waals surface area contributed by atoms with Crippen molar-refractivity contribution in [1.82, 2.24) is 89.7 Å². The van der Waals surface area contributed by atoms with Gasteiger partial charge in [-0.3, -0.25) is 76.7 Å². The molecule has 0 spiro atoms. The highest BCUT2D eigenvalue weighted by Gasteiger charge is 2.40. The minimum absolute atomic E-state index is 0.00617. The van der Waals surface area contributed by atoms with Gasteiger partial charge in [0.15, 0.2) is 11.6 Å². The number of H-pyrrole nitrogens is 1. The number of unbranched alkanes of at least 4 members (excludes halogenated alkanes) is 2. The SMILES string of the molecule is CC[C@H](C)[C@H](NC(=O)CNC(=O)CNC(=O)[C@H](CC(C)C)NC(=O)[C@H](C)NC(=O)[C@@H](NC(=O)[C@H](CC(C)C)NC(=O)[C@@H](NC(=O)[C@@H](NC(=O)[C@@H](NC(=O)CNC(=O)[C@@H](N)Cc1cnc[nH]1)[C@@H](C)O)C(C)C)C(C)C)[C@@H](C)O)C(=O)N[C@@H](CC(C)C)C(=O)N[C@@H](CCCCNC1CC(=O)c2ccccc2C1=O)C(=O)N[C@@H](CCCCN)C(=O)O. The maximum absolute atomic E-state index is 14.3. The fraction of sp³-hybridized carbons (Fsp3) is 0.671. The zero-order chi connectivity index (χ0) is 89.0. The second-order valence-electron chi connectivity index (χ2n) is 32.1. The molecule has 1 aliphatic carbocycles. The van der Waals surface area contributed by atoms with Gasteiger partial charge in [-0.1, -0.05) is 114 Å². The first-order chi connectivity index (χ1) is 55.4. The number of aromatic amines is 1. The van der Waals surface area contributed by atoms with Gasteiger partial charge in [0.2, 0.25) is 82.7 Å². The molecule has 0 saturated heterocycles. The third kappa shape index (κ3) is 35.0. The van der Waals surface area contributed by atoms with E-state index in [1.165, 1.54) is 33.3 Å². The number of nitrogens with one attached hydrogen (secondary N) is 16. The molecule has 118 heavy (non-hydrogen) atoms. The Bertz CT molecular complexity index is 3720. The number of rotatable bonds is 53. The van der Waals surface area contributed by atoms with Crippen LogP contribution in [0.5, 0.6) is 0 Å². The van der Waals surface area contributed by atoms with Crippen LogP contribution in [-0.2, 0) is 78.3 Å². The van der Waals surface area contributed by atoms with Gasteiger partial charge in [0.05, 0.1) is 50.3 Å². The van der Waals surface area contributed by atoms with Gasteiger partial charge in [-0.25, -0.2) is 9.78 Å². The molecule has 14 amide bonds. The lowest BCUT2D eigenvalue weighted by Gasteiger charge is -2.30. The van der Waals surface area contributed by atoms with Crippen LogP contribution in [0.1, 0.15) is 201 Å². The summed E-state index contributed by atoms with van der Waals surface area (Å²) < 4.78 is 0. The summed E-state index contributed by atoms with van der Waals surface area (Å²) in [5.74, 6) is -16.5. The van der Waals surface area contributed by atoms with E-state index in [2.05, 4.69) is 89.7 Å². The average Bonchev–Trinajstić information content (AvgIpc) is 0.856. The molecule has 3 rings (SSSR count). The number of benzene rings is 1. The second-order valence-corrected chi connectivity index (χ2v) is 32.1. The number of aliphatic carboxylic acids is 1. The lowest BCUT2D eigenvalue weighted by molar-refractivity contribution is -0.142. The lowest BCUT2D eigenvalue weighted by Crippen LogP contribution is -2.63. The van der Waals surface area contributed by atoms with Gasteiger partial charge in [0.25, 0.3) is 0 Å². The number of carbonyl (C=O) groups excluding carboxylic acids is 16. The fourth-order valence-electron chi connectivity index (χ4n) is 12.6. The van der Waals surface area contributed by atoms with E-state index in [9.17, 15) is 96.8 Å². The van der Waals surface area contributed by atoms with Crippen molar-refractivity contribution in [3.05, 3.63) is 53.6 Å². The number of aromatic nitrogens is 2. The van der Waals surface area contributed by atoms with E-state index in [0.29, 0.717) is 49.0 Å². The second kappa shape index (κ2) is 51.1. The highest BCUT2D eigenvalue weighted by Crippen LogP contribution is 2.22. The zero-order valence-corrected chi connectivity index (χ0v) is 70.5. The molecule has 16 atom stereocenters. The molecule has 660 valence electrons. The van der Waals surface area contributed by atoms with Crippen LogP contribution in [-0.4, -0.2) is 249 Å². The molecule has 2 aromatic rings. The number of imidazole rings is 1. The largest absolute Gasteiger partial charge is 0.480 e. The number of carboxylic acid groups (broad SMARTS) is 1. The maximum atomic E-state index is 14.3. The Morgan fingerprint density at radius 1 is 0.475 bits per heavy atom. The Morgan fingerprint density at radius 2 is 0.898 bits per heavy atom. The van der Waals surface area contributed by atoms with Crippen molar-refractivity contribution in [2.75, 3.05) is 32.7 Å². The minimum atomic E-state index is -1.75. The van der Waals surface area contributed by atoms with E-state index >= 15 is 0 Å². The lowest BCUT2D eigenvalue weighted by atomic mass is 9.86. The van der Waals surface area contributed by atoms with Crippen molar-refractivity contribution in [2.45, 2.75) is 272 Å². The molecule has 1 unspecified atom stereocenters. The summed E-state index contributed by atoms with van der Waals surface area (Å²) in [5.41, 5.74) is 12.8. The van der Waals surface area contributed by atoms with E-state index in [4.69, 9.17) is 11.5 Å². The van der Waals surface area contributed by atoms with Gasteiger partial charge in [0, 0.05) is 35.9 Å². The first-order valence-corrected chi connectivity index (χ1v) is 40.5. The summed E-state index contributed by atoms with van der Waals surface area (Å²) in [4.78, 5) is 237. The van der Waals surface area contributed by atoms with Crippen LogP contribution in [0.2, 0.25) is 0 Å². The average molecular weight is 1670 g/mol. The number of nitrogens with zero attached hydrogens (tertiary/aromatic N) is 1. The molecule has 23 N–H and O–H groups in total. The maximum Gasteiger partial charge on any atom is 0.326 e. The topological polar surface area (TPSA) is 612 Å². The van der Waals surface area contributed by atoms with Crippen LogP contribution in [0.3, 0.4) is 0 Å². The molecule has 0 radical (unpaired) electrons. The van der Waals surface area contributed by atoms with Crippen LogP contribution in [0, 0.1) is 35.5 Å². The van der Waals surface area contributed by atoms with E-state index in [-0.39, 0.29) is 87.2 Å². The van der Waals surface area contributed by atoms with E-state index < -0.39 is 217 Å². The molecular weight excluding hydrogens is 1530 g/mol. The highest BCUT2D eigenvalue weighted by atomic mass is 16.4. The highest BCUT2D eigenvalue weighted by molar-refractivity contribution is 6.16. The first-order valence-electron chi connectivity index (χ1n) is 40.5. The number of ketones is 2. The molecule has 0 fully saturated rings. The Hall–Kier alpha value is -10.4. The molecule has 39 heteroatoms. The van der Waals surface area contributed by atoms with Gasteiger partial charge in [-0.15, -0.1) is 0 Å². The molecule has 1 aromatic carbocycles. The number of Topliss-reactive ketones (excluding diaryl/α,β-unsaturated/α-hetero) is 2. The number of fused-ring (bicyclic) bond motifs is 1. The van der Waals surface area contributed by atoms with E-state index in [0.717, 1.165) is 0 Å². The Labute approximate surface area is 689 Å². The van der Waals surface area contributed by atoms with Gasteiger partial charge in [-0.2, -0.15) is 0 Å². The van der Waals surface area contributed by atoms with Crippen LogP contribution < -0.4 is 91.2 Å². The Balaban J connectivity index is 1.65. The first kappa shape index (κ1) is 102. The van der Waals surface area contributed by atoms with Crippen LogP contribution in [0.25, 0.3) is 0 Å². The third-order valence-electron chi connectivity index (χ3n) is 19.5. The quantitative estimate of drug-likeness (QED) is 0.0295. The van der Waals surface area contributed by atoms with Crippen LogP contribution >= 0.6 is 0 Å². The normalized spacial score (nSPS) is 16.5. The molecule has 0 saturated carbocycles. The minimum Gasteiger partial charge on any atom is -0.480 e. The van der Waals surface area contributed by atoms with Crippen molar-refractivity contribution in [2.24, 2.45) is 47.0 Å². The zero-order valence-electron chi connectivity index (χ0n) is 70.5. The number of carboxylic acids is 1. The molecule has 0 aliphatic heterocycles. The number of hydrogen-bond donors (Lipinski definition) is 21. The summed E-state index contributed by atoms with van der Waals surface area (Å²) >= 11 is 0. The van der Waals surface area contributed by atoms with Gasteiger partial charge < -0.3 is 112 Å². The number of nitrogens with two attached hydrogens (primary N) is 2. The summed E-state index contributed by atoms with van der Waals surface area (Å²) in [6.07, 6.45) is 1.72. The summed E-state index contributed by atoms with van der Waals surface area (Å²) in [6, 6.07) is -10.7. The molecule has 1 heterocycles. The predicted molar refractivity (Wildman–Crippen MR) is 433 cm³/mol. The number of aliphatic hydroxyl groups is 2. The molecule has 1 aromatic heterocycles. The smallest absolute Gasteiger partial charge is 0.326 e. The van der Waals surface area contributed by atoms with Crippen molar-refractivity contribution < 1.29 is 96.8 Å². The number of carbonyl (C=O) groups is 17. The van der Waals surface area contributed by atoms with E-state index in [1.54, 1.807) is 107 Å². The summed E-state index contributed by atoms with van der Waals surface area (Å²) in [7, 11) is 0. The fourth-order valence-corrected chi connectivity index (χ4v) is 12.6. The van der Waals surface area contributed by atoms with Crippen molar-refractivity contribution >= 4 is 100 Å². The van der Waals surface area contributed by atoms with Crippen molar-refractivity contribution in [3.63, 3.8) is 0 Å². The predicted octanol–water partition coefficient (Wildman–Crippen LogP) is -2.95. The molecule has 1 aliphatic rings. The molecule has 0 bridgehead atoms. The van der Waals surface area contributed by atoms with Gasteiger partial charge in [-0.05, 0) is 127 Å². The number of aliphatic hydroxyl groups excluding tert-OH is 2. The van der Waals surface area contributed by atoms with Crippen molar-refractivity contribution in [1.29, 1.82) is 0 Å². The molecular formula is C79H129N19O20. The standard InChI is InChI=1S/C79H129N19O20/c1-16-44(12)64(76(114)93-56(30-40(4)5)72(110)89-52(71(109)90-53(79(117)118)26-19-21-27-80)25-20-22-28-83-54-33-58(101)49-23-17-18-24-50(49)67(54)105)94-60(103)36-84-59(102)35-86-70(108)55(29-39(2)3)91-68(106)45(13)88-77(115)66(47(15)100)98-73(111)57(31-41(6)7)92-74(112)62(42(8)9)96-75(113)63(43(10)11)97-78(116)65(46(14)99)95-61(104)37-85-69(107)51(81)32-48-34-82-38-87-48/h17-18,23-24,34,38-47,51-57,62-66,83,99-100H,16,19-22,25-33,35-37,80-81H2,1-15H3,(H,82,87)(H,84,102)(H,85,107)(H,86,108)(H,88,115)(H,89,110)(H,90,109)(H,91,106)(H,92,112)(H,93,114)(H,94,103)(H,95,104)(H,96,113)(H,97,116)(H,98,111)(H,117,118)/t44-,45-,46+,47+,51-,52-,53-,54?,55-,56-,57-,62-,63-,64-,65-,66-/m0/s1. The van der Waals surface area contributed by atoms with Crippen LogP contribution in [0.15, 0.2) is 36.8 Å². The monoisotopic (exact) mass is 1660 g/mol. The summed E-state index contributed by atoms with van der Waals surface area (Å²) in [6.45, 7) is 22.5. The van der Waals surface area contributed by atoms with Gasteiger partial charge in [0.1, 0.15) is 66.5 Å². The number of amides is 14. The molecule has 39 nitrogen and oxygen atoms in total. The van der Waals surface area contributed by atoms with E-state index in [1.807, 2.05) is 0 Å². The Kier molecular flexibility index (Phi) is 44.1. The number of hydrogen-bond acceptors (Lipinski definition) is 23. The third-order valence-corrected chi connectivity index (χ3v) is 19.5. The summed E-state index contributed by atoms with van der Waals surface area (Å²) in [5, 5.41) is 69.8. The van der Waals surface area contributed by atoms with Gasteiger partial charge >= 0.3 is 5.97 Å². The Morgan fingerprint density at radius 3 is 1.42 bits per heavy atom. The van der Waals surface area contributed by atoms with Crippen LogP contribution in [0.4, 0.5) is 0 Å².